The van der Waals surface area contributed by atoms with Gasteiger partial charge in [-0.2, -0.15) is 0 Å². The van der Waals surface area contributed by atoms with Crippen molar-refractivity contribution in [2.24, 2.45) is 0 Å². The molecule has 5 nitrogen and oxygen atoms in total. The molecule has 2 aromatic rings. The number of ether oxygens (including phenoxy) is 3. The van der Waals surface area contributed by atoms with Crippen LogP contribution in [0.15, 0.2) is 60.7 Å². The van der Waals surface area contributed by atoms with Crippen LogP contribution in [-0.2, 0) is 27.2 Å². The molecule has 3 rings (SSSR count). The van der Waals surface area contributed by atoms with Gasteiger partial charge in [-0.3, -0.25) is 0 Å². The zero-order valence-electron chi connectivity index (χ0n) is 13.4. The summed E-state index contributed by atoms with van der Waals surface area (Å²) >= 11 is 0. The molecule has 1 heterocycles. The van der Waals surface area contributed by atoms with Crippen molar-refractivity contribution in [3.63, 3.8) is 0 Å². The maximum atomic E-state index is 12.1. The lowest BCUT2D eigenvalue weighted by Crippen LogP contribution is -2.45. The van der Waals surface area contributed by atoms with Crippen LogP contribution < -0.4 is 5.32 Å². The average molecular weight is 327 g/mol. The Morgan fingerprint density at radius 2 is 1.58 bits per heavy atom. The first-order valence-corrected chi connectivity index (χ1v) is 8.05. The van der Waals surface area contributed by atoms with Gasteiger partial charge in [-0.25, -0.2) is 4.79 Å². The van der Waals surface area contributed by atoms with Crippen molar-refractivity contribution in [1.82, 2.24) is 5.32 Å². The maximum Gasteiger partial charge on any atom is 0.407 e. The van der Waals surface area contributed by atoms with Crippen LogP contribution in [0.1, 0.15) is 11.1 Å². The van der Waals surface area contributed by atoms with Gasteiger partial charge in [-0.1, -0.05) is 60.7 Å². The smallest absolute Gasteiger partial charge is 0.407 e. The number of carbonyl (C=O) groups excluding carboxylic acids is 1. The van der Waals surface area contributed by atoms with E-state index in [1.54, 1.807) is 0 Å². The second-order valence-corrected chi connectivity index (χ2v) is 5.61. The van der Waals surface area contributed by atoms with E-state index in [-0.39, 0.29) is 12.6 Å². The lowest BCUT2D eigenvalue weighted by molar-refractivity contribution is -0.0664. The number of rotatable bonds is 6. The molecular weight excluding hydrogens is 306 g/mol. The van der Waals surface area contributed by atoms with E-state index in [0.29, 0.717) is 19.6 Å². The fourth-order valence-corrected chi connectivity index (χ4v) is 2.61. The van der Waals surface area contributed by atoms with Crippen molar-refractivity contribution < 1.29 is 19.0 Å². The van der Waals surface area contributed by atoms with Crippen LogP contribution in [0.3, 0.4) is 0 Å². The summed E-state index contributed by atoms with van der Waals surface area (Å²) in [5.74, 6) is 0. The molecule has 1 aliphatic rings. The van der Waals surface area contributed by atoms with Gasteiger partial charge in [0.25, 0.3) is 0 Å². The molecule has 0 aromatic heterocycles. The third kappa shape index (κ3) is 4.81. The first-order valence-electron chi connectivity index (χ1n) is 8.05. The average Bonchev–Trinajstić information content (AvgIpc) is 3.16. The topological polar surface area (TPSA) is 56.8 Å². The lowest BCUT2D eigenvalue weighted by Gasteiger charge is -2.23. The van der Waals surface area contributed by atoms with Crippen molar-refractivity contribution in [3.8, 4) is 0 Å². The molecule has 1 saturated heterocycles. The number of amides is 1. The van der Waals surface area contributed by atoms with E-state index < -0.39 is 12.4 Å². The van der Waals surface area contributed by atoms with Crippen molar-refractivity contribution in [2.45, 2.75) is 25.4 Å². The number of benzene rings is 2. The highest BCUT2D eigenvalue weighted by Gasteiger charge is 2.29. The minimum Gasteiger partial charge on any atom is -0.445 e. The number of hydrogen-bond donors (Lipinski definition) is 1. The van der Waals surface area contributed by atoms with E-state index in [9.17, 15) is 4.79 Å². The van der Waals surface area contributed by atoms with Crippen LogP contribution in [0.2, 0.25) is 0 Å². The third-order valence-corrected chi connectivity index (χ3v) is 3.79. The summed E-state index contributed by atoms with van der Waals surface area (Å²) in [5, 5.41) is 2.87. The molecule has 5 heteroatoms. The van der Waals surface area contributed by atoms with Gasteiger partial charge in [-0.05, 0) is 17.5 Å². The SMILES string of the molecule is O=C(N[C@@H](Cc1ccccc1)C1OCCO1)OCc1ccccc1. The Morgan fingerprint density at radius 3 is 2.21 bits per heavy atom. The molecule has 0 unspecified atom stereocenters. The minimum atomic E-state index is -0.473. The molecule has 0 spiro atoms. The molecule has 0 bridgehead atoms. The molecule has 0 saturated carbocycles. The van der Waals surface area contributed by atoms with Gasteiger partial charge >= 0.3 is 6.09 Å². The van der Waals surface area contributed by atoms with Crippen LogP contribution in [0.5, 0.6) is 0 Å². The van der Waals surface area contributed by atoms with Crippen molar-refractivity contribution in [2.75, 3.05) is 13.2 Å². The summed E-state index contributed by atoms with van der Waals surface area (Å²) in [7, 11) is 0. The van der Waals surface area contributed by atoms with Gasteiger partial charge in [0.15, 0.2) is 6.29 Å². The van der Waals surface area contributed by atoms with Crippen LogP contribution in [0, 0.1) is 0 Å². The summed E-state index contributed by atoms with van der Waals surface area (Å²) in [6, 6.07) is 19.2. The van der Waals surface area contributed by atoms with Gasteiger partial charge in [-0.15, -0.1) is 0 Å². The first kappa shape index (κ1) is 16.5. The van der Waals surface area contributed by atoms with Crippen LogP contribution in [-0.4, -0.2) is 31.6 Å². The summed E-state index contributed by atoms with van der Waals surface area (Å²) < 4.78 is 16.4. The monoisotopic (exact) mass is 327 g/mol. The zero-order chi connectivity index (χ0) is 16.6. The predicted octanol–water partition coefficient (Wildman–Crippen LogP) is 2.90. The Bertz CT molecular complexity index is 626. The van der Waals surface area contributed by atoms with E-state index in [1.165, 1.54) is 0 Å². The van der Waals surface area contributed by atoms with E-state index >= 15 is 0 Å². The predicted molar refractivity (Wildman–Crippen MR) is 89.4 cm³/mol. The molecular formula is C19H21NO4. The fourth-order valence-electron chi connectivity index (χ4n) is 2.61. The normalized spacial score (nSPS) is 15.8. The Kier molecular flexibility index (Phi) is 5.82. The molecule has 1 aliphatic heterocycles. The molecule has 24 heavy (non-hydrogen) atoms. The summed E-state index contributed by atoms with van der Waals surface area (Å²) in [4.78, 5) is 12.1. The van der Waals surface area contributed by atoms with Gasteiger partial charge < -0.3 is 19.5 Å². The van der Waals surface area contributed by atoms with Gasteiger partial charge in [0.05, 0.1) is 19.3 Å². The quantitative estimate of drug-likeness (QED) is 0.886. The molecule has 1 atom stereocenters. The van der Waals surface area contributed by atoms with Crippen molar-refractivity contribution in [1.29, 1.82) is 0 Å². The second kappa shape index (κ2) is 8.47. The fraction of sp³-hybridized carbons (Fsp3) is 0.316. The number of carbonyl (C=O) groups is 1. The van der Waals surface area contributed by atoms with Gasteiger partial charge in [0.1, 0.15) is 6.61 Å². The third-order valence-electron chi connectivity index (χ3n) is 3.79. The molecule has 0 aliphatic carbocycles. The maximum absolute atomic E-state index is 12.1. The molecule has 126 valence electrons. The Morgan fingerprint density at radius 1 is 1.00 bits per heavy atom. The standard InChI is InChI=1S/C19H21NO4/c21-19(24-14-16-9-5-2-6-10-16)20-17(18-22-11-12-23-18)13-15-7-3-1-4-8-15/h1-10,17-18H,11-14H2,(H,20,21)/t17-/m0/s1. The van der Waals surface area contributed by atoms with Crippen molar-refractivity contribution in [3.05, 3.63) is 71.8 Å². The summed E-state index contributed by atoms with van der Waals surface area (Å²) in [5.41, 5.74) is 2.05. The second-order valence-electron chi connectivity index (χ2n) is 5.61. The molecule has 0 radical (unpaired) electrons. The van der Waals surface area contributed by atoms with E-state index in [2.05, 4.69) is 5.32 Å². The zero-order valence-corrected chi connectivity index (χ0v) is 13.4. The van der Waals surface area contributed by atoms with Crippen molar-refractivity contribution >= 4 is 6.09 Å². The molecule has 2 aromatic carbocycles. The van der Waals surface area contributed by atoms with Crippen LogP contribution in [0.4, 0.5) is 4.79 Å². The first-order chi connectivity index (χ1) is 11.8. The molecule has 1 fully saturated rings. The highest BCUT2D eigenvalue weighted by atomic mass is 16.7. The van der Waals surface area contributed by atoms with Gasteiger partial charge in [0, 0.05) is 0 Å². The highest BCUT2D eigenvalue weighted by molar-refractivity contribution is 5.67. The molecule has 1 N–H and O–H groups in total. The highest BCUT2D eigenvalue weighted by Crippen LogP contribution is 2.14. The minimum absolute atomic E-state index is 0.233. The Balaban J connectivity index is 1.57. The summed E-state index contributed by atoms with van der Waals surface area (Å²) in [6.45, 7) is 1.31. The van der Waals surface area contributed by atoms with E-state index in [1.807, 2.05) is 60.7 Å². The van der Waals surface area contributed by atoms with E-state index in [0.717, 1.165) is 11.1 Å². The van der Waals surface area contributed by atoms with Crippen LogP contribution >= 0.6 is 0 Å². The largest absolute Gasteiger partial charge is 0.445 e. The van der Waals surface area contributed by atoms with Crippen LogP contribution in [0.25, 0.3) is 0 Å². The van der Waals surface area contributed by atoms with Gasteiger partial charge in [0.2, 0.25) is 0 Å². The molecule has 1 amide bonds. The number of alkyl carbamates (subject to hydrolysis) is 1. The summed E-state index contributed by atoms with van der Waals surface area (Å²) in [6.07, 6.45) is -0.306. The Labute approximate surface area is 141 Å². The number of hydrogen-bond acceptors (Lipinski definition) is 4. The Hall–Kier alpha value is -2.37. The van der Waals surface area contributed by atoms with E-state index in [4.69, 9.17) is 14.2 Å². The number of nitrogens with one attached hydrogen (secondary N) is 1. The lowest BCUT2D eigenvalue weighted by atomic mass is 10.1.